The van der Waals surface area contributed by atoms with Gasteiger partial charge in [0.1, 0.15) is 17.2 Å². The zero-order valence-electron chi connectivity index (χ0n) is 11.0. The number of nitrogens with one attached hydrogen (secondary N) is 1. The number of thioether (sulfide) groups is 1. The van der Waals surface area contributed by atoms with Gasteiger partial charge in [-0.3, -0.25) is 0 Å². The maximum atomic E-state index is 12.9. The van der Waals surface area contributed by atoms with Crippen LogP contribution in [0.5, 0.6) is 0 Å². The van der Waals surface area contributed by atoms with E-state index < -0.39 is 11.8 Å². The fourth-order valence-corrected chi connectivity index (χ4v) is 2.17. The summed E-state index contributed by atoms with van der Waals surface area (Å²) in [6.45, 7) is 0.651. The van der Waals surface area contributed by atoms with Crippen molar-refractivity contribution in [2.45, 2.75) is 25.7 Å². The van der Waals surface area contributed by atoms with Gasteiger partial charge in [0.15, 0.2) is 0 Å². The molecule has 0 aliphatic heterocycles. The van der Waals surface area contributed by atoms with Crippen molar-refractivity contribution in [3.8, 4) is 0 Å². The summed E-state index contributed by atoms with van der Waals surface area (Å²) in [6, 6.07) is 0.982. The molecule has 0 unspecified atom stereocenters. The fourth-order valence-electron chi connectivity index (χ4n) is 1.67. The maximum absolute atomic E-state index is 12.9. The number of carboxylic acid groups (broad SMARTS) is 1. The molecule has 0 amide bonds. The smallest absolute Gasteiger partial charge is 0.339 e. The molecule has 0 atom stereocenters. The Labute approximate surface area is 116 Å². The quantitative estimate of drug-likeness (QED) is 0.682. The van der Waals surface area contributed by atoms with Gasteiger partial charge in [-0.15, -0.1) is 0 Å². The summed E-state index contributed by atoms with van der Waals surface area (Å²) in [6.07, 6.45) is 7.54. The average Bonchev–Trinajstić information content (AvgIpc) is 2.39. The number of rotatable bonds is 9. The standard InChI is InChI=1S/C13H19FN2O2S/c1-19-7-5-3-2-4-6-15-12-11(13(17)18)8-10(14)9-16-12/h8-9H,2-7H2,1H3,(H,15,16)(H,17,18). The molecule has 106 valence electrons. The zero-order chi connectivity index (χ0) is 14.1. The largest absolute Gasteiger partial charge is 0.478 e. The lowest BCUT2D eigenvalue weighted by Crippen LogP contribution is -2.10. The number of carboxylic acids is 1. The first-order chi connectivity index (χ1) is 9.15. The van der Waals surface area contributed by atoms with Crippen LogP contribution in [0.25, 0.3) is 0 Å². The molecule has 0 radical (unpaired) electrons. The van der Waals surface area contributed by atoms with Crippen LogP contribution in [0.4, 0.5) is 10.2 Å². The van der Waals surface area contributed by atoms with E-state index in [0.29, 0.717) is 6.54 Å². The lowest BCUT2D eigenvalue weighted by molar-refractivity contribution is 0.0697. The topological polar surface area (TPSA) is 62.2 Å². The van der Waals surface area contributed by atoms with E-state index in [4.69, 9.17) is 5.11 Å². The molecule has 0 aliphatic carbocycles. The van der Waals surface area contributed by atoms with Crippen LogP contribution in [0.1, 0.15) is 36.0 Å². The van der Waals surface area contributed by atoms with Gasteiger partial charge in [-0.2, -0.15) is 11.8 Å². The Morgan fingerprint density at radius 1 is 1.42 bits per heavy atom. The number of hydrogen-bond acceptors (Lipinski definition) is 4. The van der Waals surface area contributed by atoms with E-state index in [0.717, 1.165) is 25.1 Å². The minimum absolute atomic E-state index is 0.123. The first-order valence-corrected chi connectivity index (χ1v) is 7.66. The summed E-state index contributed by atoms with van der Waals surface area (Å²) in [5.41, 5.74) is -0.123. The predicted octanol–water partition coefficient (Wildman–Crippen LogP) is 3.25. The highest BCUT2D eigenvalue weighted by atomic mass is 32.2. The molecule has 1 rings (SSSR count). The average molecular weight is 286 g/mol. The van der Waals surface area contributed by atoms with Crippen LogP contribution in [-0.2, 0) is 0 Å². The summed E-state index contributed by atoms with van der Waals surface area (Å²) in [5.74, 6) is -0.400. The number of anilines is 1. The van der Waals surface area contributed by atoms with Crippen molar-refractivity contribution in [2.24, 2.45) is 0 Å². The fraction of sp³-hybridized carbons (Fsp3) is 0.538. The second-order valence-corrected chi connectivity index (χ2v) is 5.17. The van der Waals surface area contributed by atoms with E-state index in [1.165, 1.54) is 18.6 Å². The highest BCUT2D eigenvalue weighted by molar-refractivity contribution is 7.98. The molecule has 1 aromatic rings. The number of hydrogen-bond donors (Lipinski definition) is 2. The summed E-state index contributed by atoms with van der Waals surface area (Å²) >= 11 is 1.84. The van der Waals surface area contributed by atoms with Crippen molar-refractivity contribution >= 4 is 23.5 Å². The first-order valence-electron chi connectivity index (χ1n) is 6.27. The Kier molecular flexibility index (Phi) is 7.25. The van der Waals surface area contributed by atoms with Gasteiger partial charge in [-0.05, 0) is 30.9 Å². The van der Waals surface area contributed by atoms with Crippen molar-refractivity contribution in [3.05, 3.63) is 23.6 Å². The maximum Gasteiger partial charge on any atom is 0.339 e. The highest BCUT2D eigenvalue weighted by Gasteiger charge is 2.12. The third-order valence-corrected chi connectivity index (χ3v) is 3.35. The molecule has 0 aliphatic rings. The molecule has 1 aromatic heterocycles. The normalized spacial score (nSPS) is 10.4. The monoisotopic (exact) mass is 286 g/mol. The molecular formula is C13H19FN2O2S. The van der Waals surface area contributed by atoms with Gasteiger partial charge in [-0.1, -0.05) is 12.8 Å². The Morgan fingerprint density at radius 2 is 2.16 bits per heavy atom. The van der Waals surface area contributed by atoms with E-state index in [1.54, 1.807) is 0 Å². The number of pyridine rings is 1. The van der Waals surface area contributed by atoms with Gasteiger partial charge in [0.2, 0.25) is 0 Å². The van der Waals surface area contributed by atoms with Crippen molar-refractivity contribution in [3.63, 3.8) is 0 Å². The number of unbranched alkanes of at least 4 members (excludes halogenated alkanes) is 3. The minimum Gasteiger partial charge on any atom is -0.478 e. The molecule has 2 N–H and O–H groups in total. The SMILES string of the molecule is CSCCCCCCNc1ncc(F)cc1C(=O)O. The summed E-state index contributed by atoms with van der Waals surface area (Å²) in [7, 11) is 0. The molecule has 0 fully saturated rings. The van der Waals surface area contributed by atoms with Gasteiger partial charge >= 0.3 is 5.97 Å². The van der Waals surface area contributed by atoms with Gasteiger partial charge in [0.25, 0.3) is 0 Å². The van der Waals surface area contributed by atoms with Crippen molar-refractivity contribution in [1.29, 1.82) is 0 Å². The second kappa shape index (κ2) is 8.74. The Morgan fingerprint density at radius 3 is 2.84 bits per heavy atom. The van der Waals surface area contributed by atoms with Crippen molar-refractivity contribution in [1.82, 2.24) is 4.98 Å². The predicted molar refractivity (Wildman–Crippen MR) is 76.5 cm³/mol. The van der Waals surface area contributed by atoms with Crippen LogP contribution in [-0.4, -0.2) is 34.6 Å². The van der Waals surface area contributed by atoms with Gasteiger partial charge in [-0.25, -0.2) is 14.2 Å². The Hall–Kier alpha value is -1.30. The molecule has 0 saturated carbocycles. The minimum atomic E-state index is -1.17. The third-order valence-electron chi connectivity index (χ3n) is 2.65. The molecule has 4 nitrogen and oxygen atoms in total. The second-order valence-electron chi connectivity index (χ2n) is 4.19. The van der Waals surface area contributed by atoms with Gasteiger partial charge < -0.3 is 10.4 Å². The number of nitrogens with zero attached hydrogens (tertiary/aromatic N) is 1. The lowest BCUT2D eigenvalue weighted by atomic mass is 10.2. The lowest BCUT2D eigenvalue weighted by Gasteiger charge is -2.08. The van der Waals surface area contributed by atoms with Crippen LogP contribution in [0, 0.1) is 5.82 Å². The van der Waals surface area contributed by atoms with E-state index in [9.17, 15) is 9.18 Å². The zero-order valence-corrected chi connectivity index (χ0v) is 11.8. The van der Waals surface area contributed by atoms with Crippen LogP contribution >= 0.6 is 11.8 Å². The number of aromatic carboxylic acids is 1. The van der Waals surface area contributed by atoms with E-state index >= 15 is 0 Å². The van der Waals surface area contributed by atoms with Crippen molar-refractivity contribution in [2.75, 3.05) is 23.9 Å². The number of aromatic nitrogens is 1. The molecule has 0 aromatic carbocycles. The highest BCUT2D eigenvalue weighted by Crippen LogP contribution is 2.14. The number of carbonyl (C=O) groups is 1. The summed E-state index contributed by atoms with van der Waals surface area (Å²) < 4.78 is 12.9. The molecule has 0 saturated heterocycles. The van der Waals surface area contributed by atoms with Gasteiger partial charge in [0.05, 0.1) is 6.20 Å². The Bertz CT molecular complexity index is 416. The van der Waals surface area contributed by atoms with E-state index in [-0.39, 0.29) is 11.4 Å². The molecular weight excluding hydrogens is 267 g/mol. The van der Waals surface area contributed by atoms with Gasteiger partial charge in [0, 0.05) is 6.54 Å². The van der Waals surface area contributed by atoms with Crippen LogP contribution < -0.4 is 5.32 Å². The van der Waals surface area contributed by atoms with E-state index in [2.05, 4.69) is 16.6 Å². The van der Waals surface area contributed by atoms with Crippen LogP contribution in [0.3, 0.4) is 0 Å². The molecule has 6 heteroatoms. The summed E-state index contributed by atoms with van der Waals surface area (Å²) in [5, 5.41) is 11.9. The molecule has 0 bridgehead atoms. The molecule has 19 heavy (non-hydrogen) atoms. The van der Waals surface area contributed by atoms with Crippen molar-refractivity contribution < 1.29 is 14.3 Å². The molecule has 1 heterocycles. The third kappa shape index (κ3) is 5.92. The first kappa shape index (κ1) is 15.8. The molecule has 0 spiro atoms. The summed E-state index contributed by atoms with van der Waals surface area (Å²) in [4.78, 5) is 14.7. The van der Waals surface area contributed by atoms with E-state index in [1.807, 2.05) is 11.8 Å². The Balaban J connectivity index is 2.35. The van der Waals surface area contributed by atoms with Crippen LogP contribution in [0.15, 0.2) is 12.3 Å². The van der Waals surface area contributed by atoms with Crippen LogP contribution in [0.2, 0.25) is 0 Å². The number of halogens is 1.